The molecule has 0 bridgehead atoms. The molecule has 1 N–H and O–H groups in total. The van der Waals surface area contributed by atoms with E-state index in [0.29, 0.717) is 16.8 Å². The Hall–Kier alpha value is -2.56. The molecule has 0 aromatic heterocycles. The number of ether oxygens (including phenoxy) is 2. The third kappa shape index (κ3) is 2.60. The predicted molar refractivity (Wildman–Crippen MR) is 89.0 cm³/mol. The molecular formula is C19H21NO4. The molecule has 3 rings (SSSR count). The predicted octanol–water partition coefficient (Wildman–Crippen LogP) is 2.58. The monoisotopic (exact) mass is 327 g/mol. The Morgan fingerprint density at radius 3 is 2.79 bits per heavy atom. The van der Waals surface area contributed by atoms with E-state index in [9.17, 15) is 9.59 Å². The number of aryl methyl sites for hydroxylation is 1. The van der Waals surface area contributed by atoms with Gasteiger partial charge in [0.05, 0.1) is 29.4 Å². The van der Waals surface area contributed by atoms with Crippen molar-refractivity contribution in [2.24, 2.45) is 0 Å². The summed E-state index contributed by atoms with van der Waals surface area (Å²) in [4.78, 5) is 24.9. The second-order valence-corrected chi connectivity index (χ2v) is 5.84. The summed E-state index contributed by atoms with van der Waals surface area (Å²) >= 11 is 0. The maximum Gasteiger partial charge on any atom is 0.337 e. The van der Waals surface area contributed by atoms with Crippen LogP contribution in [0.3, 0.4) is 0 Å². The van der Waals surface area contributed by atoms with Crippen LogP contribution in [0.25, 0.3) is 0 Å². The second kappa shape index (κ2) is 6.51. The number of allylic oxidation sites excluding steroid dienone is 1. The van der Waals surface area contributed by atoms with Crippen LogP contribution in [0.1, 0.15) is 37.8 Å². The second-order valence-electron chi connectivity index (χ2n) is 5.84. The number of cyclic esters (lactones) is 1. The molecule has 126 valence electrons. The number of rotatable bonds is 4. The number of hydrogen-bond acceptors (Lipinski definition) is 5. The molecule has 2 aliphatic heterocycles. The molecule has 2 aliphatic rings. The van der Waals surface area contributed by atoms with E-state index in [2.05, 4.69) is 12.2 Å². The molecule has 0 spiro atoms. The van der Waals surface area contributed by atoms with Crippen molar-refractivity contribution in [3.05, 3.63) is 57.9 Å². The highest BCUT2D eigenvalue weighted by molar-refractivity contribution is 6.01. The van der Waals surface area contributed by atoms with Gasteiger partial charge >= 0.3 is 11.9 Å². The summed E-state index contributed by atoms with van der Waals surface area (Å²) in [6.45, 7) is 6.16. The molecule has 5 heteroatoms. The highest BCUT2D eigenvalue weighted by atomic mass is 16.5. The van der Waals surface area contributed by atoms with E-state index in [0.717, 1.165) is 23.2 Å². The van der Waals surface area contributed by atoms with Crippen molar-refractivity contribution in [1.29, 1.82) is 0 Å². The van der Waals surface area contributed by atoms with Crippen LogP contribution in [0, 0.1) is 0 Å². The standard InChI is InChI=1S/C19H21NO4/c1-4-12-8-6-7-9-13(12)16-15(18(21)23-5-2)11(3)20-14-10-24-19(22)17(14)16/h6-9,16,20H,4-5,10H2,1-3H3. The fourth-order valence-electron chi connectivity index (χ4n) is 3.40. The van der Waals surface area contributed by atoms with Crippen molar-refractivity contribution < 1.29 is 19.1 Å². The highest BCUT2D eigenvalue weighted by Gasteiger charge is 2.42. The first-order chi connectivity index (χ1) is 11.6. The molecule has 0 fully saturated rings. The van der Waals surface area contributed by atoms with Gasteiger partial charge < -0.3 is 14.8 Å². The molecule has 1 aromatic carbocycles. The number of carbonyl (C=O) groups is 2. The Morgan fingerprint density at radius 1 is 1.33 bits per heavy atom. The maximum atomic E-state index is 12.6. The first-order valence-electron chi connectivity index (χ1n) is 8.21. The lowest BCUT2D eigenvalue weighted by Crippen LogP contribution is -2.30. The first kappa shape index (κ1) is 16.3. The molecule has 1 aromatic rings. The van der Waals surface area contributed by atoms with E-state index in [1.165, 1.54) is 0 Å². The van der Waals surface area contributed by atoms with Gasteiger partial charge in [-0.2, -0.15) is 0 Å². The first-order valence-corrected chi connectivity index (χ1v) is 8.21. The molecule has 0 amide bonds. The van der Waals surface area contributed by atoms with Crippen LogP contribution in [0.2, 0.25) is 0 Å². The van der Waals surface area contributed by atoms with Gasteiger partial charge in [-0.1, -0.05) is 31.2 Å². The summed E-state index contributed by atoms with van der Waals surface area (Å²) < 4.78 is 10.5. The van der Waals surface area contributed by atoms with Crippen molar-refractivity contribution in [1.82, 2.24) is 5.32 Å². The molecule has 1 atom stereocenters. The molecular weight excluding hydrogens is 306 g/mol. The largest absolute Gasteiger partial charge is 0.463 e. The zero-order valence-electron chi connectivity index (χ0n) is 14.1. The highest BCUT2D eigenvalue weighted by Crippen LogP contribution is 2.42. The number of carbonyl (C=O) groups excluding carboxylic acids is 2. The minimum absolute atomic E-state index is 0.215. The van der Waals surface area contributed by atoms with Crippen LogP contribution in [-0.2, 0) is 25.5 Å². The zero-order valence-corrected chi connectivity index (χ0v) is 14.1. The van der Waals surface area contributed by atoms with Gasteiger partial charge in [0.15, 0.2) is 0 Å². The fraction of sp³-hybridized carbons (Fsp3) is 0.368. The minimum atomic E-state index is -0.452. The fourth-order valence-corrected chi connectivity index (χ4v) is 3.40. The summed E-state index contributed by atoms with van der Waals surface area (Å²) in [6, 6.07) is 7.88. The number of benzene rings is 1. The van der Waals surface area contributed by atoms with Gasteiger partial charge in [0.1, 0.15) is 6.61 Å². The molecule has 24 heavy (non-hydrogen) atoms. The number of nitrogens with one attached hydrogen (secondary N) is 1. The Balaban J connectivity index is 2.19. The average Bonchev–Trinajstić information content (AvgIpc) is 2.94. The van der Waals surface area contributed by atoms with Gasteiger partial charge in [0, 0.05) is 5.70 Å². The molecule has 0 aliphatic carbocycles. The maximum absolute atomic E-state index is 12.6. The number of hydrogen-bond donors (Lipinski definition) is 1. The SMILES string of the molecule is CCOC(=O)C1=C(C)NC2=C(C(=O)OC2)C1c1ccccc1CC. The average molecular weight is 327 g/mol. The van der Waals surface area contributed by atoms with E-state index in [1.54, 1.807) is 6.92 Å². The van der Waals surface area contributed by atoms with Crippen LogP contribution < -0.4 is 5.32 Å². The van der Waals surface area contributed by atoms with E-state index < -0.39 is 11.9 Å². The number of esters is 2. The van der Waals surface area contributed by atoms with Gasteiger partial charge in [-0.25, -0.2) is 9.59 Å². The van der Waals surface area contributed by atoms with Crippen molar-refractivity contribution in [3.8, 4) is 0 Å². The Morgan fingerprint density at radius 2 is 2.08 bits per heavy atom. The van der Waals surface area contributed by atoms with E-state index in [4.69, 9.17) is 9.47 Å². The van der Waals surface area contributed by atoms with Gasteiger partial charge in [-0.3, -0.25) is 0 Å². The van der Waals surface area contributed by atoms with Gasteiger partial charge in [-0.15, -0.1) is 0 Å². The molecule has 1 unspecified atom stereocenters. The summed E-state index contributed by atoms with van der Waals surface area (Å²) in [5.41, 5.74) is 4.50. The van der Waals surface area contributed by atoms with Crippen molar-refractivity contribution >= 4 is 11.9 Å². The zero-order chi connectivity index (χ0) is 17.3. The van der Waals surface area contributed by atoms with Crippen LogP contribution in [0.15, 0.2) is 46.8 Å². The van der Waals surface area contributed by atoms with Crippen LogP contribution in [-0.4, -0.2) is 25.2 Å². The van der Waals surface area contributed by atoms with Crippen molar-refractivity contribution in [2.45, 2.75) is 33.1 Å². The summed E-state index contributed by atoms with van der Waals surface area (Å²) in [7, 11) is 0. The van der Waals surface area contributed by atoms with Crippen LogP contribution >= 0.6 is 0 Å². The normalized spacial score (nSPS) is 19.8. The topological polar surface area (TPSA) is 64.6 Å². The van der Waals surface area contributed by atoms with Crippen LogP contribution in [0.4, 0.5) is 0 Å². The van der Waals surface area contributed by atoms with Crippen LogP contribution in [0.5, 0.6) is 0 Å². The lowest BCUT2D eigenvalue weighted by atomic mass is 9.78. The summed E-state index contributed by atoms with van der Waals surface area (Å²) in [5, 5.41) is 3.15. The van der Waals surface area contributed by atoms with Crippen molar-refractivity contribution in [3.63, 3.8) is 0 Å². The molecule has 0 radical (unpaired) electrons. The van der Waals surface area contributed by atoms with E-state index in [1.807, 2.05) is 31.2 Å². The van der Waals surface area contributed by atoms with Gasteiger partial charge in [-0.05, 0) is 31.4 Å². The Labute approximate surface area is 141 Å². The van der Waals surface area contributed by atoms with Crippen molar-refractivity contribution in [2.75, 3.05) is 13.2 Å². The van der Waals surface area contributed by atoms with Gasteiger partial charge in [0.25, 0.3) is 0 Å². The summed E-state index contributed by atoms with van der Waals surface area (Å²) in [6.07, 6.45) is 0.812. The molecule has 5 nitrogen and oxygen atoms in total. The minimum Gasteiger partial charge on any atom is -0.463 e. The molecule has 2 heterocycles. The Kier molecular flexibility index (Phi) is 4.42. The molecule has 0 saturated heterocycles. The summed E-state index contributed by atoms with van der Waals surface area (Å²) in [5.74, 6) is -1.22. The lowest BCUT2D eigenvalue weighted by Gasteiger charge is -2.28. The lowest BCUT2D eigenvalue weighted by molar-refractivity contribution is -0.138. The smallest absolute Gasteiger partial charge is 0.337 e. The van der Waals surface area contributed by atoms with E-state index in [-0.39, 0.29) is 19.2 Å². The molecule has 0 saturated carbocycles. The third-order valence-electron chi connectivity index (χ3n) is 4.45. The number of dihydropyridines is 1. The third-order valence-corrected chi connectivity index (χ3v) is 4.45. The van der Waals surface area contributed by atoms with E-state index >= 15 is 0 Å². The Bertz CT molecular complexity index is 760. The van der Waals surface area contributed by atoms with Gasteiger partial charge in [0.2, 0.25) is 0 Å². The quantitative estimate of drug-likeness (QED) is 0.861.